The van der Waals surface area contributed by atoms with Crippen LogP contribution < -0.4 is 0 Å². The number of hydrogen-bond donors (Lipinski definition) is 1. The monoisotopic (exact) mass is 367 g/mol. The average molecular weight is 367 g/mol. The molecule has 0 fully saturated rings. The van der Waals surface area contributed by atoms with Gasteiger partial charge in [-0.2, -0.15) is 0 Å². The predicted octanol–water partition coefficient (Wildman–Crippen LogP) is 4.57. The van der Waals surface area contributed by atoms with Crippen LogP contribution in [0.3, 0.4) is 0 Å². The topological polar surface area (TPSA) is 23.5 Å². The van der Waals surface area contributed by atoms with Crippen LogP contribution in [-0.2, 0) is 19.5 Å². The van der Waals surface area contributed by atoms with E-state index in [9.17, 15) is 13.9 Å². The SMILES string of the molecule is OC[C@@H](Cc1cc(F)ccc1F)N(Cc1ccccc1)Cc1ccccc1. The maximum atomic E-state index is 14.1. The first-order chi connectivity index (χ1) is 13.2. The van der Waals surface area contributed by atoms with E-state index in [1.165, 1.54) is 6.07 Å². The molecule has 0 saturated carbocycles. The molecule has 2 nitrogen and oxygen atoms in total. The van der Waals surface area contributed by atoms with Crippen LogP contribution >= 0.6 is 0 Å². The zero-order chi connectivity index (χ0) is 19.1. The molecule has 0 radical (unpaired) electrons. The molecular weight excluding hydrogens is 344 g/mol. The largest absolute Gasteiger partial charge is 0.395 e. The summed E-state index contributed by atoms with van der Waals surface area (Å²) in [6.07, 6.45) is 0.236. The van der Waals surface area contributed by atoms with Crippen molar-refractivity contribution >= 4 is 0 Å². The third kappa shape index (κ3) is 5.46. The van der Waals surface area contributed by atoms with Gasteiger partial charge >= 0.3 is 0 Å². The third-order valence-electron chi connectivity index (χ3n) is 4.65. The molecule has 140 valence electrons. The third-order valence-corrected chi connectivity index (χ3v) is 4.65. The van der Waals surface area contributed by atoms with Crippen LogP contribution in [0.25, 0.3) is 0 Å². The summed E-state index contributed by atoms with van der Waals surface area (Å²) in [5.41, 5.74) is 2.48. The molecule has 0 spiro atoms. The average Bonchev–Trinajstić information content (AvgIpc) is 2.70. The van der Waals surface area contributed by atoms with Crippen LogP contribution in [0.15, 0.2) is 78.9 Å². The minimum atomic E-state index is -0.472. The molecule has 3 aromatic rings. The summed E-state index contributed by atoms with van der Waals surface area (Å²) in [5, 5.41) is 10.0. The lowest BCUT2D eigenvalue weighted by Crippen LogP contribution is -2.39. The van der Waals surface area contributed by atoms with Gasteiger partial charge in [0.2, 0.25) is 0 Å². The summed E-state index contributed by atoms with van der Waals surface area (Å²) >= 11 is 0. The maximum absolute atomic E-state index is 14.1. The van der Waals surface area contributed by atoms with Gasteiger partial charge in [-0.1, -0.05) is 60.7 Å². The highest BCUT2D eigenvalue weighted by Crippen LogP contribution is 2.19. The van der Waals surface area contributed by atoms with Crippen LogP contribution in [0.4, 0.5) is 8.78 Å². The summed E-state index contributed by atoms with van der Waals surface area (Å²) < 4.78 is 27.7. The van der Waals surface area contributed by atoms with E-state index < -0.39 is 11.6 Å². The lowest BCUT2D eigenvalue weighted by Gasteiger charge is -2.31. The molecule has 27 heavy (non-hydrogen) atoms. The zero-order valence-corrected chi connectivity index (χ0v) is 15.1. The Morgan fingerprint density at radius 3 is 1.85 bits per heavy atom. The summed E-state index contributed by atoms with van der Waals surface area (Å²) in [6.45, 7) is 1.07. The van der Waals surface area contributed by atoms with E-state index >= 15 is 0 Å². The molecule has 0 aromatic heterocycles. The fourth-order valence-electron chi connectivity index (χ4n) is 3.21. The molecule has 3 rings (SSSR count). The Labute approximate surface area is 158 Å². The summed E-state index contributed by atoms with van der Waals surface area (Å²) in [6, 6.07) is 23.0. The van der Waals surface area contributed by atoms with Crippen molar-refractivity contribution in [1.29, 1.82) is 0 Å². The van der Waals surface area contributed by atoms with E-state index in [0.717, 1.165) is 23.3 Å². The second kappa shape index (κ2) is 9.40. The fourth-order valence-corrected chi connectivity index (χ4v) is 3.21. The van der Waals surface area contributed by atoms with Crippen molar-refractivity contribution in [2.45, 2.75) is 25.6 Å². The molecule has 3 aromatic carbocycles. The fraction of sp³-hybridized carbons (Fsp3) is 0.217. The van der Waals surface area contributed by atoms with Crippen molar-refractivity contribution in [3.8, 4) is 0 Å². The first-order valence-electron chi connectivity index (χ1n) is 9.02. The number of aliphatic hydroxyl groups is 1. The number of nitrogens with zero attached hydrogens (tertiary/aromatic N) is 1. The Balaban J connectivity index is 1.85. The molecule has 4 heteroatoms. The molecule has 0 amide bonds. The Kier molecular flexibility index (Phi) is 6.69. The molecular formula is C23H23F2NO. The number of rotatable bonds is 8. The van der Waals surface area contributed by atoms with E-state index in [2.05, 4.69) is 4.90 Å². The van der Waals surface area contributed by atoms with Gasteiger partial charge in [-0.05, 0) is 41.3 Å². The van der Waals surface area contributed by atoms with Crippen molar-refractivity contribution in [2.75, 3.05) is 6.61 Å². The van der Waals surface area contributed by atoms with E-state index in [4.69, 9.17) is 0 Å². The number of halogens is 2. The summed E-state index contributed by atoms with van der Waals surface area (Å²) in [5.74, 6) is -0.921. The Morgan fingerprint density at radius 2 is 1.33 bits per heavy atom. The Morgan fingerprint density at radius 1 is 0.778 bits per heavy atom. The minimum absolute atomic E-state index is 0.143. The van der Waals surface area contributed by atoms with Gasteiger partial charge in [0.15, 0.2) is 0 Å². The molecule has 0 bridgehead atoms. The standard InChI is InChI=1S/C23H23F2NO/c24-21-11-12-23(25)20(13-21)14-22(17-27)26(15-18-7-3-1-4-8-18)16-19-9-5-2-6-10-19/h1-13,22,27H,14-17H2/t22-/m1/s1. The zero-order valence-electron chi connectivity index (χ0n) is 15.1. The Hall–Kier alpha value is -2.56. The van der Waals surface area contributed by atoms with Crippen molar-refractivity contribution in [1.82, 2.24) is 4.90 Å². The number of benzene rings is 3. The van der Waals surface area contributed by atoms with E-state index in [1.807, 2.05) is 60.7 Å². The molecule has 0 heterocycles. The second-order valence-corrected chi connectivity index (χ2v) is 6.65. The smallest absolute Gasteiger partial charge is 0.126 e. The first kappa shape index (κ1) is 19.2. The van der Waals surface area contributed by atoms with Crippen LogP contribution in [-0.4, -0.2) is 22.7 Å². The van der Waals surface area contributed by atoms with Gasteiger partial charge in [-0.3, -0.25) is 4.90 Å². The molecule has 0 aliphatic heterocycles. The number of aliphatic hydroxyl groups excluding tert-OH is 1. The van der Waals surface area contributed by atoms with E-state index in [1.54, 1.807) is 0 Å². The maximum Gasteiger partial charge on any atom is 0.126 e. The molecule has 1 atom stereocenters. The summed E-state index contributed by atoms with van der Waals surface area (Å²) in [4.78, 5) is 2.11. The van der Waals surface area contributed by atoms with Gasteiger partial charge in [-0.15, -0.1) is 0 Å². The van der Waals surface area contributed by atoms with Crippen molar-refractivity contribution < 1.29 is 13.9 Å². The van der Waals surface area contributed by atoms with Gasteiger partial charge in [0.05, 0.1) is 6.61 Å². The van der Waals surface area contributed by atoms with Crippen molar-refractivity contribution in [3.05, 3.63) is 107 Å². The van der Waals surface area contributed by atoms with Gasteiger partial charge < -0.3 is 5.11 Å². The van der Waals surface area contributed by atoms with Crippen LogP contribution in [0.2, 0.25) is 0 Å². The summed E-state index contributed by atoms with van der Waals surface area (Å²) in [7, 11) is 0. The molecule has 1 N–H and O–H groups in total. The molecule has 0 saturated heterocycles. The quantitative estimate of drug-likeness (QED) is 0.630. The second-order valence-electron chi connectivity index (χ2n) is 6.65. The van der Waals surface area contributed by atoms with Crippen LogP contribution in [0.5, 0.6) is 0 Å². The van der Waals surface area contributed by atoms with Gasteiger partial charge in [-0.25, -0.2) is 8.78 Å². The highest BCUT2D eigenvalue weighted by atomic mass is 19.1. The lowest BCUT2D eigenvalue weighted by atomic mass is 10.0. The predicted molar refractivity (Wildman–Crippen MR) is 103 cm³/mol. The molecule has 0 aliphatic rings. The molecule has 0 unspecified atom stereocenters. The highest BCUT2D eigenvalue weighted by molar-refractivity contribution is 5.21. The van der Waals surface area contributed by atoms with Crippen LogP contribution in [0.1, 0.15) is 16.7 Å². The van der Waals surface area contributed by atoms with E-state index in [-0.39, 0.29) is 24.6 Å². The first-order valence-corrected chi connectivity index (χ1v) is 9.02. The molecule has 0 aliphatic carbocycles. The van der Waals surface area contributed by atoms with Crippen molar-refractivity contribution in [2.24, 2.45) is 0 Å². The number of hydrogen-bond acceptors (Lipinski definition) is 2. The lowest BCUT2D eigenvalue weighted by molar-refractivity contribution is 0.109. The Bertz CT molecular complexity index is 798. The van der Waals surface area contributed by atoms with E-state index in [0.29, 0.717) is 13.1 Å². The van der Waals surface area contributed by atoms with Crippen LogP contribution in [0, 0.1) is 11.6 Å². The normalized spacial score (nSPS) is 12.3. The van der Waals surface area contributed by atoms with Gasteiger partial charge in [0, 0.05) is 19.1 Å². The van der Waals surface area contributed by atoms with Crippen molar-refractivity contribution in [3.63, 3.8) is 0 Å². The van der Waals surface area contributed by atoms with Gasteiger partial charge in [0.1, 0.15) is 11.6 Å². The van der Waals surface area contributed by atoms with Gasteiger partial charge in [0.25, 0.3) is 0 Å². The minimum Gasteiger partial charge on any atom is -0.395 e. The highest BCUT2D eigenvalue weighted by Gasteiger charge is 2.21.